The second-order valence-electron chi connectivity index (χ2n) is 3.59. The minimum Gasteiger partial charge on any atom is -0.385 e. The zero-order valence-corrected chi connectivity index (χ0v) is 10.1. The van der Waals surface area contributed by atoms with Gasteiger partial charge >= 0.3 is 0 Å². The number of rotatable bonds is 9. The highest BCUT2D eigenvalue weighted by Gasteiger charge is 1.97. The predicted molar refractivity (Wildman–Crippen MR) is 62.3 cm³/mol. The quantitative estimate of drug-likeness (QED) is 0.629. The smallest absolute Gasteiger partial charge is 0.0950 e. The van der Waals surface area contributed by atoms with Crippen molar-refractivity contribution in [3.8, 4) is 0 Å². The van der Waals surface area contributed by atoms with Crippen molar-refractivity contribution in [2.75, 3.05) is 34.0 Å². The lowest BCUT2D eigenvalue weighted by Crippen LogP contribution is -2.07. The van der Waals surface area contributed by atoms with Gasteiger partial charge in [0.25, 0.3) is 0 Å². The van der Waals surface area contributed by atoms with Crippen LogP contribution in [-0.2, 0) is 22.6 Å². The van der Waals surface area contributed by atoms with Crippen LogP contribution >= 0.6 is 0 Å². The van der Waals surface area contributed by atoms with E-state index >= 15 is 0 Å². The molecule has 92 valence electrons. The van der Waals surface area contributed by atoms with Crippen LogP contribution in [0, 0.1) is 0 Å². The molecule has 16 heavy (non-hydrogen) atoms. The van der Waals surface area contributed by atoms with E-state index in [0.717, 1.165) is 45.0 Å². The van der Waals surface area contributed by atoms with Gasteiger partial charge in [0, 0.05) is 39.6 Å². The summed E-state index contributed by atoms with van der Waals surface area (Å²) in [5.74, 6) is 0. The maximum Gasteiger partial charge on any atom is 0.0950 e. The Bertz CT molecular complexity index is 276. The predicted octanol–water partition coefficient (Wildman–Crippen LogP) is 0.656. The second kappa shape index (κ2) is 8.27. The molecule has 5 nitrogen and oxygen atoms in total. The molecule has 0 bridgehead atoms. The lowest BCUT2D eigenvalue weighted by molar-refractivity contribution is 0.0976. The average molecular weight is 227 g/mol. The standard InChI is InChI=1S/C11H21N3O2/c1-12-8-11-9-14(10-13-11)4-7-16-6-3-5-15-2/h9-10,12H,3-8H2,1-2H3. The molecule has 0 spiro atoms. The van der Waals surface area contributed by atoms with E-state index in [4.69, 9.17) is 9.47 Å². The Kier molecular flexibility index (Phi) is 6.80. The maximum absolute atomic E-state index is 5.46. The number of ether oxygens (including phenoxy) is 2. The molecular weight excluding hydrogens is 206 g/mol. The zero-order chi connectivity index (χ0) is 11.6. The van der Waals surface area contributed by atoms with Crippen LogP contribution in [0.2, 0.25) is 0 Å². The number of aromatic nitrogens is 2. The van der Waals surface area contributed by atoms with Crippen LogP contribution in [0.5, 0.6) is 0 Å². The third-order valence-electron chi connectivity index (χ3n) is 2.18. The lowest BCUT2D eigenvalue weighted by atomic mass is 10.5. The number of methoxy groups -OCH3 is 1. The molecule has 0 aliphatic carbocycles. The van der Waals surface area contributed by atoms with Crippen molar-refractivity contribution < 1.29 is 9.47 Å². The minimum atomic E-state index is 0.721. The second-order valence-corrected chi connectivity index (χ2v) is 3.59. The molecule has 0 unspecified atom stereocenters. The van der Waals surface area contributed by atoms with Crippen molar-refractivity contribution in [1.82, 2.24) is 14.9 Å². The summed E-state index contributed by atoms with van der Waals surface area (Å²) in [6.45, 7) is 3.90. The molecule has 1 aromatic rings. The van der Waals surface area contributed by atoms with Crippen LogP contribution < -0.4 is 5.32 Å². The van der Waals surface area contributed by atoms with Crippen molar-refractivity contribution in [2.24, 2.45) is 0 Å². The first-order valence-electron chi connectivity index (χ1n) is 5.58. The molecule has 0 aliphatic heterocycles. The summed E-state index contributed by atoms with van der Waals surface area (Å²) in [7, 11) is 3.62. The fraction of sp³-hybridized carbons (Fsp3) is 0.727. The fourth-order valence-corrected chi connectivity index (χ4v) is 1.38. The Balaban J connectivity index is 2.07. The van der Waals surface area contributed by atoms with Gasteiger partial charge in [0.2, 0.25) is 0 Å². The van der Waals surface area contributed by atoms with Gasteiger partial charge < -0.3 is 19.4 Å². The Morgan fingerprint density at radius 2 is 2.25 bits per heavy atom. The lowest BCUT2D eigenvalue weighted by Gasteiger charge is -2.04. The molecule has 0 saturated carbocycles. The first-order valence-corrected chi connectivity index (χ1v) is 5.58. The SMILES string of the molecule is CNCc1cn(CCOCCCOC)cn1. The molecule has 1 N–H and O–H groups in total. The summed E-state index contributed by atoms with van der Waals surface area (Å²) >= 11 is 0. The van der Waals surface area contributed by atoms with E-state index in [2.05, 4.69) is 10.3 Å². The molecule has 0 aromatic carbocycles. The van der Waals surface area contributed by atoms with Crippen LogP contribution in [0.1, 0.15) is 12.1 Å². The third kappa shape index (κ3) is 5.25. The van der Waals surface area contributed by atoms with Gasteiger partial charge in [-0.25, -0.2) is 4.98 Å². The topological polar surface area (TPSA) is 48.3 Å². The highest BCUT2D eigenvalue weighted by molar-refractivity contribution is 4.95. The first-order chi connectivity index (χ1) is 7.86. The first kappa shape index (κ1) is 13.2. The summed E-state index contributed by atoms with van der Waals surface area (Å²) in [6, 6.07) is 0. The fourth-order valence-electron chi connectivity index (χ4n) is 1.38. The highest BCUT2D eigenvalue weighted by atomic mass is 16.5. The molecule has 0 aliphatic rings. The Hall–Kier alpha value is -0.910. The largest absolute Gasteiger partial charge is 0.385 e. The summed E-state index contributed by atoms with van der Waals surface area (Å²) in [5.41, 5.74) is 1.06. The molecule has 5 heteroatoms. The normalized spacial score (nSPS) is 10.9. The molecular formula is C11H21N3O2. The summed E-state index contributed by atoms with van der Waals surface area (Å²) < 4.78 is 12.4. The number of hydrogen-bond donors (Lipinski definition) is 1. The Labute approximate surface area is 96.8 Å². The molecule has 0 saturated heterocycles. The zero-order valence-electron chi connectivity index (χ0n) is 10.1. The van der Waals surface area contributed by atoms with E-state index in [1.807, 2.05) is 24.1 Å². The average Bonchev–Trinajstić information content (AvgIpc) is 2.72. The van der Waals surface area contributed by atoms with Gasteiger partial charge in [0.05, 0.1) is 18.6 Å². The number of hydrogen-bond acceptors (Lipinski definition) is 4. The number of nitrogens with zero attached hydrogens (tertiary/aromatic N) is 2. The summed E-state index contributed by atoms with van der Waals surface area (Å²) in [5, 5.41) is 3.07. The Morgan fingerprint density at radius 1 is 1.38 bits per heavy atom. The third-order valence-corrected chi connectivity index (χ3v) is 2.18. The monoisotopic (exact) mass is 227 g/mol. The van der Waals surface area contributed by atoms with Crippen LogP contribution in [0.4, 0.5) is 0 Å². The van der Waals surface area contributed by atoms with Gasteiger partial charge in [-0.1, -0.05) is 0 Å². The molecule has 0 amide bonds. The van der Waals surface area contributed by atoms with Crippen LogP contribution in [0.15, 0.2) is 12.5 Å². The summed E-state index contributed by atoms with van der Waals surface area (Å²) in [6.07, 6.45) is 4.83. The molecule has 0 fully saturated rings. The summed E-state index contributed by atoms with van der Waals surface area (Å²) in [4.78, 5) is 4.26. The van der Waals surface area contributed by atoms with E-state index in [9.17, 15) is 0 Å². The van der Waals surface area contributed by atoms with E-state index < -0.39 is 0 Å². The van der Waals surface area contributed by atoms with Crippen molar-refractivity contribution in [3.05, 3.63) is 18.2 Å². The highest BCUT2D eigenvalue weighted by Crippen LogP contribution is 1.96. The van der Waals surface area contributed by atoms with Gasteiger partial charge in [0.15, 0.2) is 0 Å². The molecule has 1 rings (SSSR count). The van der Waals surface area contributed by atoms with Crippen molar-refractivity contribution in [2.45, 2.75) is 19.5 Å². The number of nitrogens with one attached hydrogen (secondary N) is 1. The molecule has 1 aromatic heterocycles. The van der Waals surface area contributed by atoms with Gasteiger partial charge in [-0.05, 0) is 13.5 Å². The van der Waals surface area contributed by atoms with Crippen molar-refractivity contribution in [3.63, 3.8) is 0 Å². The molecule has 1 heterocycles. The van der Waals surface area contributed by atoms with Crippen LogP contribution in [-0.4, -0.2) is 43.5 Å². The minimum absolute atomic E-state index is 0.721. The van der Waals surface area contributed by atoms with Crippen molar-refractivity contribution >= 4 is 0 Å². The van der Waals surface area contributed by atoms with E-state index in [0.29, 0.717) is 0 Å². The van der Waals surface area contributed by atoms with E-state index in [-0.39, 0.29) is 0 Å². The Morgan fingerprint density at radius 3 is 3.00 bits per heavy atom. The van der Waals surface area contributed by atoms with Gasteiger partial charge in [-0.2, -0.15) is 0 Å². The molecule has 0 atom stereocenters. The molecule has 0 radical (unpaired) electrons. The van der Waals surface area contributed by atoms with Gasteiger partial charge in [-0.15, -0.1) is 0 Å². The van der Waals surface area contributed by atoms with Crippen molar-refractivity contribution in [1.29, 1.82) is 0 Å². The van der Waals surface area contributed by atoms with Crippen LogP contribution in [0.3, 0.4) is 0 Å². The van der Waals surface area contributed by atoms with Gasteiger partial charge in [0.1, 0.15) is 0 Å². The van der Waals surface area contributed by atoms with E-state index in [1.165, 1.54) is 0 Å². The van der Waals surface area contributed by atoms with Crippen LogP contribution in [0.25, 0.3) is 0 Å². The van der Waals surface area contributed by atoms with Gasteiger partial charge in [-0.3, -0.25) is 0 Å². The maximum atomic E-state index is 5.46. The van der Waals surface area contributed by atoms with E-state index in [1.54, 1.807) is 7.11 Å². The number of imidazole rings is 1.